The van der Waals surface area contributed by atoms with Crippen molar-refractivity contribution in [2.24, 2.45) is 0 Å². The lowest BCUT2D eigenvalue weighted by Crippen LogP contribution is -2.57. The maximum atomic E-state index is 13.7. The van der Waals surface area contributed by atoms with Crippen LogP contribution in [-0.4, -0.2) is 45.3 Å². The fraction of sp³-hybridized carbons (Fsp3) is 0.474. The first-order valence-corrected chi connectivity index (χ1v) is 9.34. The molecule has 1 aromatic heterocycles. The molecule has 7 heteroatoms. The summed E-state index contributed by atoms with van der Waals surface area (Å²) in [6.07, 6.45) is 4.23. The Morgan fingerprint density at radius 1 is 1.35 bits per heavy atom. The van der Waals surface area contributed by atoms with Crippen molar-refractivity contribution in [3.8, 4) is 0 Å². The minimum Gasteiger partial charge on any atom is -0.348 e. The number of hydrogen-bond acceptors (Lipinski definition) is 3. The molecule has 1 amide bonds. The second-order valence-corrected chi connectivity index (χ2v) is 7.61. The van der Waals surface area contributed by atoms with Crippen LogP contribution in [0.3, 0.4) is 0 Å². The number of amides is 1. The van der Waals surface area contributed by atoms with Crippen LogP contribution in [0.15, 0.2) is 24.5 Å². The topological polar surface area (TPSA) is 52.2 Å². The summed E-state index contributed by atoms with van der Waals surface area (Å²) in [6.45, 7) is 4.72. The Balaban J connectivity index is 1.53. The number of imidazole rings is 1. The van der Waals surface area contributed by atoms with E-state index in [1.54, 1.807) is 19.3 Å². The number of halogens is 2. The Morgan fingerprint density at radius 2 is 2.12 bits per heavy atom. The molecule has 26 heavy (non-hydrogen) atoms. The van der Waals surface area contributed by atoms with Crippen LogP contribution in [0.25, 0.3) is 0 Å². The summed E-state index contributed by atoms with van der Waals surface area (Å²) >= 11 is 5.77. The largest absolute Gasteiger partial charge is 0.348 e. The first-order valence-electron chi connectivity index (χ1n) is 8.97. The highest BCUT2D eigenvalue weighted by molar-refractivity contribution is 6.30. The average molecular weight is 377 g/mol. The molecular formula is C19H22ClFN4O. The van der Waals surface area contributed by atoms with Crippen molar-refractivity contribution in [3.63, 3.8) is 0 Å². The van der Waals surface area contributed by atoms with E-state index in [-0.39, 0.29) is 22.3 Å². The molecular weight excluding hydrogens is 355 g/mol. The fourth-order valence-electron chi connectivity index (χ4n) is 4.42. The lowest BCUT2D eigenvalue weighted by atomic mass is 9.78. The number of piperidine rings is 1. The zero-order valence-electron chi connectivity index (χ0n) is 14.8. The summed E-state index contributed by atoms with van der Waals surface area (Å²) in [4.78, 5) is 24.4. The lowest BCUT2D eigenvalue weighted by molar-refractivity contribution is -0.139. The molecule has 1 N–H and O–H groups in total. The van der Waals surface area contributed by atoms with Crippen molar-refractivity contribution in [2.45, 2.75) is 38.3 Å². The van der Waals surface area contributed by atoms with Crippen molar-refractivity contribution in [3.05, 3.63) is 52.3 Å². The molecule has 0 saturated carbocycles. The predicted molar refractivity (Wildman–Crippen MR) is 97.3 cm³/mol. The third-order valence-corrected chi connectivity index (χ3v) is 6.02. The molecule has 0 atom stereocenters. The molecule has 0 bridgehead atoms. The zero-order valence-corrected chi connectivity index (χ0v) is 15.5. The standard InChI is InChI=1S/C19H22ClFN4O/c1-13(26)25-7-4-17-18(23-12-22-17)19(25)5-8-24(9-6-19)11-14-2-3-15(20)16(21)10-14/h2-3,10,12H,4-9,11H2,1H3,(H,22,23). The van der Waals surface area contributed by atoms with Gasteiger partial charge in [0.05, 0.1) is 22.6 Å². The van der Waals surface area contributed by atoms with Crippen LogP contribution in [0.4, 0.5) is 4.39 Å². The molecule has 5 nitrogen and oxygen atoms in total. The van der Waals surface area contributed by atoms with E-state index in [1.807, 2.05) is 11.0 Å². The maximum Gasteiger partial charge on any atom is 0.220 e. The summed E-state index contributed by atoms with van der Waals surface area (Å²) < 4.78 is 13.7. The number of rotatable bonds is 2. The quantitative estimate of drug-likeness (QED) is 0.876. The Bertz CT molecular complexity index is 829. The summed E-state index contributed by atoms with van der Waals surface area (Å²) in [6, 6.07) is 4.97. The van der Waals surface area contributed by atoms with E-state index in [0.717, 1.165) is 55.8 Å². The Hall–Kier alpha value is -1.92. The number of fused-ring (bicyclic) bond motifs is 2. The van der Waals surface area contributed by atoms with Gasteiger partial charge in [-0.25, -0.2) is 9.37 Å². The number of nitrogens with zero attached hydrogens (tertiary/aromatic N) is 3. The van der Waals surface area contributed by atoms with Crippen LogP contribution in [-0.2, 0) is 23.3 Å². The fourth-order valence-corrected chi connectivity index (χ4v) is 4.54. The SMILES string of the molecule is CC(=O)N1CCc2[nH]cnc2C12CCN(Cc1ccc(Cl)c(F)c1)CC2. The van der Waals surface area contributed by atoms with Crippen LogP contribution in [0.2, 0.25) is 5.02 Å². The highest BCUT2D eigenvalue weighted by Crippen LogP contribution is 2.42. The Morgan fingerprint density at radius 3 is 2.81 bits per heavy atom. The van der Waals surface area contributed by atoms with Gasteiger partial charge in [0, 0.05) is 45.2 Å². The lowest BCUT2D eigenvalue weighted by Gasteiger charge is -2.50. The first kappa shape index (κ1) is 17.5. The molecule has 0 aliphatic carbocycles. The van der Waals surface area contributed by atoms with Gasteiger partial charge in [0.2, 0.25) is 5.91 Å². The number of carbonyl (C=O) groups excluding carboxylic acids is 1. The van der Waals surface area contributed by atoms with Crippen LogP contribution >= 0.6 is 11.6 Å². The number of hydrogen-bond donors (Lipinski definition) is 1. The van der Waals surface area contributed by atoms with E-state index in [4.69, 9.17) is 11.6 Å². The van der Waals surface area contributed by atoms with Gasteiger partial charge in [0.25, 0.3) is 0 Å². The van der Waals surface area contributed by atoms with Crippen LogP contribution < -0.4 is 0 Å². The minimum atomic E-state index is -0.381. The molecule has 0 radical (unpaired) electrons. The number of benzene rings is 1. The van der Waals surface area contributed by atoms with Gasteiger partial charge >= 0.3 is 0 Å². The molecule has 0 unspecified atom stereocenters. The van der Waals surface area contributed by atoms with Gasteiger partial charge in [-0.15, -0.1) is 0 Å². The minimum absolute atomic E-state index is 0.104. The van der Waals surface area contributed by atoms with Crippen molar-refractivity contribution in [1.82, 2.24) is 19.8 Å². The van der Waals surface area contributed by atoms with Crippen LogP contribution in [0.5, 0.6) is 0 Å². The molecule has 4 rings (SSSR count). The molecule has 2 aromatic rings. The highest BCUT2D eigenvalue weighted by atomic mass is 35.5. The Kier molecular flexibility index (Phi) is 4.49. The normalized spacial score (nSPS) is 19.6. The monoisotopic (exact) mass is 376 g/mol. The van der Waals surface area contributed by atoms with Crippen molar-refractivity contribution in [2.75, 3.05) is 19.6 Å². The van der Waals surface area contributed by atoms with E-state index in [2.05, 4.69) is 14.9 Å². The zero-order chi connectivity index (χ0) is 18.3. The average Bonchev–Trinajstić information content (AvgIpc) is 3.10. The molecule has 1 fully saturated rings. The van der Waals surface area contributed by atoms with Gasteiger partial charge in [-0.05, 0) is 30.5 Å². The molecule has 1 aromatic carbocycles. The van der Waals surface area contributed by atoms with Gasteiger partial charge in [0.1, 0.15) is 5.82 Å². The molecule has 3 heterocycles. The molecule has 138 valence electrons. The van der Waals surface area contributed by atoms with E-state index >= 15 is 0 Å². The van der Waals surface area contributed by atoms with Crippen molar-refractivity contribution in [1.29, 1.82) is 0 Å². The van der Waals surface area contributed by atoms with Crippen molar-refractivity contribution < 1.29 is 9.18 Å². The highest BCUT2D eigenvalue weighted by Gasteiger charge is 2.47. The van der Waals surface area contributed by atoms with Crippen LogP contribution in [0.1, 0.15) is 36.7 Å². The third-order valence-electron chi connectivity index (χ3n) is 5.71. The Labute approximate surface area is 157 Å². The molecule has 2 aliphatic heterocycles. The van der Waals surface area contributed by atoms with E-state index in [0.29, 0.717) is 6.54 Å². The van der Waals surface area contributed by atoms with Gasteiger partial charge in [-0.1, -0.05) is 17.7 Å². The number of aromatic nitrogens is 2. The number of H-pyrrole nitrogens is 1. The number of carbonyl (C=O) groups is 1. The molecule has 1 spiro atoms. The molecule has 1 saturated heterocycles. The van der Waals surface area contributed by atoms with Crippen LogP contribution in [0, 0.1) is 5.82 Å². The number of aromatic amines is 1. The van der Waals surface area contributed by atoms with Gasteiger partial charge in [0.15, 0.2) is 0 Å². The second-order valence-electron chi connectivity index (χ2n) is 7.21. The second kappa shape index (κ2) is 6.67. The number of likely N-dealkylation sites (tertiary alicyclic amines) is 1. The smallest absolute Gasteiger partial charge is 0.220 e. The summed E-state index contributed by atoms with van der Waals surface area (Å²) in [7, 11) is 0. The summed E-state index contributed by atoms with van der Waals surface area (Å²) in [5.41, 5.74) is 2.77. The van der Waals surface area contributed by atoms with E-state index < -0.39 is 0 Å². The van der Waals surface area contributed by atoms with E-state index in [1.165, 1.54) is 6.07 Å². The van der Waals surface area contributed by atoms with E-state index in [9.17, 15) is 9.18 Å². The maximum absolute atomic E-state index is 13.7. The van der Waals surface area contributed by atoms with Gasteiger partial charge in [-0.2, -0.15) is 0 Å². The molecule has 2 aliphatic rings. The third kappa shape index (κ3) is 2.91. The predicted octanol–water partition coefficient (Wildman–Crippen LogP) is 3.10. The summed E-state index contributed by atoms with van der Waals surface area (Å²) in [5, 5.41) is 0.150. The number of nitrogens with one attached hydrogen (secondary N) is 1. The first-order chi connectivity index (χ1) is 12.5. The van der Waals surface area contributed by atoms with Gasteiger partial charge in [-0.3, -0.25) is 9.69 Å². The van der Waals surface area contributed by atoms with Gasteiger partial charge < -0.3 is 9.88 Å². The summed E-state index contributed by atoms with van der Waals surface area (Å²) in [5.74, 6) is -0.277. The van der Waals surface area contributed by atoms with Crippen molar-refractivity contribution >= 4 is 17.5 Å².